The number of anilines is 1. The van der Waals surface area contributed by atoms with E-state index in [2.05, 4.69) is 47.5 Å². The van der Waals surface area contributed by atoms with Crippen molar-refractivity contribution in [3.8, 4) is 0 Å². The summed E-state index contributed by atoms with van der Waals surface area (Å²) in [5.74, 6) is -3.26. The molecule has 0 spiro atoms. The molecule has 0 saturated carbocycles. The number of nitrogen functional groups attached to an aromatic ring is 1. The van der Waals surface area contributed by atoms with Crippen molar-refractivity contribution < 1.29 is 50.4 Å². The zero-order valence-electron chi connectivity index (χ0n) is 22.1. The van der Waals surface area contributed by atoms with Gasteiger partial charge in [0, 0.05) is 0 Å². The van der Waals surface area contributed by atoms with E-state index in [1.165, 1.54) is 0 Å². The minimum absolute atomic E-state index is 0.158. The summed E-state index contributed by atoms with van der Waals surface area (Å²) in [6, 6.07) is 0. The Labute approximate surface area is 251 Å². The number of alkyl halides is 2. The summed E-state index contributed by atoms with van der Waals surface area (Å²) >= 11 is 3.92. The first kappa shape index (κ1) is 30.5. The Kier molecular flexibility index (Phi) is 7.24. The van der Waals surface area contributed by atoms with Crippen LogP contribution in [0.1, 0.15) is 6.23 Å². The lowest BCUT2D eigenvalue weighted by molar-refractivity contribution is -0.0708. The molecule has 45 heavy (non-hydrogen) atoms. The number of aromatic amines is 2. The van der Waals surface area contributed by atoms with Gasteiger partial charge in [-0.3, -0.25) is 37.2 Å². The second-order valence-corrected chi connectivity index (χ2v) is 14.3. The molecule has 0 aromatic carbocycles. The Morgan fingerprint density at radius 1 is 1.11 bits per heavy atom. The summed E-state index contributed by atoms with van der Waals surface area (Å²) in [6.07, 6.45) is -8.97. The van der Waals surface area contributed by atoms with Crippen molar-refractivity contribution in [3.05, 3.63) is 33.4 Å². The van der Waals surface area contributed by atoms with Crippen LogP contribution in [0.25, 0.3) is 22.3 Å². The molecule has 2 bridgehead atoms. The molecule has 242 valence electrons. The molecular formula is C19H20F2N10O11P2S. The van der Waals surface area contributed by atoms with Crippen LogP contribution < -0.4 is 16.9 Å². The third-order valence-corrected chi connectivity index (χ3v) is 9.75. The average Bonchev–Trinajstić information content (AvgIpc) is 3.73. The number of nitrogens with zero attached hydrogens (tertiary/aromatic N) is 7. The van der Waals surface area contributed by atoms with Crippen molar-refractivity contribution in [1.29, 1.82) is 0 Å². The molecule has 21 nitrogen and oxygen atoms in total. The van der Waals surface area contributed by atoms with E-state index in [0.717, 1.165) is 17.2 Å². The molecule has 5 N–H and O–H groups in total. The number of thiol groups is 1. The molecule has 9 atom stereocenters. The largest absolute Gasteiger partial charge is 0.472 e. The predicted octanol–water partition coefficient (Wildman–Crippen LogP) is -0.558. The molecule has 7 heterocycles. The lowest BCUT2D eigenvalue weighted by Gasteiger charge is -2.29. The van der Waals surface area contributed by atoms with Gasteiger partial charge in [0.05, 0.1) is 25.9 Å². The van der Waals surface area contributed by atoms with Gasteiger partial charge in [0.15, 0.2) is 40.8 Å². The maximum Gasteiger partial charge on any atom is 0.472 e. The van der Waals surface area contributed by atoms with Gasteiger partial charge in [0.1, 0.15) is 24.9 Å². The fourth-order valence-electron chi connectivity index (χ4n) is 5.14. The zero-order chi connectivity index (χ0) is 31.9. The number of aromatic nitrogens is 9. The van der Waals surface area contributed by atoms with Gasteiger partial charge in [-0.1, -0.05) is 17.5 Å². The fraction of sp³-hybridized carbons (Fsp3) is 0.526. The number of hydrogen-bond acceptors (Lipinski definition) is 16. The highest BCUT2D eigenvalue weighted by Crippen LogP contribution is 2.59. The van der Waals surface area contributed by atoms with Crippen molar-refractivity contribution in [2.75, 3.05) is 25.6 Å². The van der Waals surface area contributed by atoms with Crippen molar-refractivity contribution >= 4 is 55.1 Å². The molecule has 7 rings (SSSR count). The summed E-state index contributed by atoms with van der Waals surface area (Å²) < 4.78 is 92.6. The lowest BCUT2D eigenvalue weighted by Crippen LogP contribution is -2.46. The van der Waals surface area contributed by atoms with Crippen LogP contribution in [0.2, 0.25) is 0 Å². The number of imidazole rings is 1. The smallest absolute Gasteiger partial charge is 0.369 e. The number of phosphoric acid groups is 1. The SMILES string of the molecule is Nc1nc2c(ncn2[C@@H]2O[C@@H]3COP(=O)(O)O[C@@H]4[C@@H](COP(=O)(S)O[C@@H]2[C@@H]3F)OC[C@@]4(F)n2nnc3c(=O)[nH]cnc32)c(=O)[nH]1. The number of halogens is 2. The normalized spacial score (nSPS) is 37.7. The number of phosphoric ester groups is 1. The van der Waals surface area contributed by atoms with Gasteiger partial charge in [-0.15, -0.1) is 5.10 Å². The summed E-state index contributed by atoms with van der Waals surface area (Å²) in [5.41, 5.74) is 3.08. The molecule has 3 fully saturated rings. The quantitative estimate of drug-likeness (QED) is 0.130. The summed E-state index contributed by atoms with van der Waals surface area (Å²) in [5, 5.41) is 7.22. The maximum absolute atomic E-state index is 16.7. The summed E-state index contributed by atoms with van der Waals surface area (Å²) in [6.45, 7) is -7.31. The van der Waals surface area contributed by atoms with E-state index in [9.17, 15) is 23.6 Å². The fourth-order valence-corrected chi connectivity index (χ4v) is 7.57. The molecule has 3 aliphatic rings. The number of H-pyrrole nitrogens is 2. The molecule has 3 saturated heterocycles. The van der Waals surface area contributed by atoms with Crippen LogP contribution in [0.3, 0.4) is 0 Å². The van der Waals surface area contributed by atoms with E-state index < -0.39 is 88.2 Å². The third-order valence-electron chi connectivity index (χ3n) is 7.16. The van der Waals surface area contributed by atoms with E-state index in [0.29, 0.717) is 4.68 Å². The number of nitrogens with one attached hydrogen (secondary N) is 2. The van der Waals surface area contributed by atoms with E-state index in [1.807, 2.05) is 0 Å². The monoisotopic (exact) mass is 696 g/mol. The van der Waals surface area contributed by atoms with Gasteiger partial charge in [-0.25, -0.2) is 27.9 Å². The molecule has 0 aliphatic carbocycles. The molecule has 26 heteroatoms. The first-order chi connectivity index (χ1) is 21.3. The lowest BCUT2D eigenvalue weighted by atomic mass is 10.1. The Morgan fingerprint density at radius 2 is 1.89 bits per heavy atom. The molecular weight excluding hydrogens is 676 g/mol. The van der Waals surface area contributed by atoms with Gasteiger partial charge >= 0.3 is 14.6 Å². The predicted molar refractivity (Wildman–Crippen MR) is 144 cm³/mol. The minimum atomic E-state index is -5.29. The van der Waals surface area contributed by atoms with Gasteiger partial charge in [-0.2, -0.15) is 9.67 Å². The van der Waals surface area contributed by atoms with E-state index in [1.54, 1.807) is 0 Å². The number of rotatable bonds is 2. The molecule has 0 amide bonds. The average molecular weight is 696 g/mol. The maximum atomic E-state index is 16.7. The Balaban J connectivity index is 1.23. The third kappa shape index (κ3) is 5.19. The van der Waals surface area contributed by atoms with Crippen molar-refractivity contribution in [3.63, 3.8) is 0 Å². The van der Waals surface area contributed by atoms with Gasteiger partial charge < -0.3 is 25.1 Å². The van der Waals surface area contributed by atoms with E-state index >= 15 is 8.78 Å². The van der Waals surface area contributed by atoms with Crippen LogP contribution >= 0.6 is 26.9 Å². The Bertz CT molecular complexity index is 2030. The van der Waals surface area contributed by atoms with Crippen molar-refractivity contribution in [2.45, 2.75) is 42.6 Å². The Morgan fingerprint density at radius 3 is 2.69 bits per heavy atom. The number of fused-ring (bicyclic) bond motifs is 5. The van der Waals surface area contributed by atoms with Crippen molar-refractivity contribution in [1.82, 2.24) is 44.5 Å². The molecule has 4 aromatic heterocycles. The topological polar surface area (TPSA) is 276 Å². The van der Waals surface area contributed by atoms with E-state index in [4.69, 9.17) is 33.3 Å². The molecule has 2 unspecified atom stereocenters. The van der Waals surface area contributed by atoms with Crippen LogP contribution in [0.5, 0.6) is 0 Å². The highest BCUT2D eigenvalue weighted by molar-refractivity contribution is 8.44. The molecule has 0 radical (unpaired) electrons. The molecule has 4 aromatic rings. The molecule has 3 aliphatic heterocycles. The standard InChI is InChI=1S/C19H20F2N10O11P2S/c20-8-6-1-38-43(34,35)42-12-7(37-3-19(12,21)31-13-10(28-29-31)15(32)24-4-23-13)2-39-44(36,45)41-11(8)17(40-6)30-5-25-9-14(30)26-18(22)27-16(9)33/h4-8,11-12,17H,1-3H2,(H,34,35)(H,36,45)(H,23,24,32)(H3,22,26,27,33)/t6-,7-,8-,11-,12-,17-,19-,44?/m1/s1. The first-order valence-corrected chi connectivity index (χ1v) is 16.9. The highest BCUT2D eigenvalue weighted by atomic mass is 32.7. The second-order valence-electron chi connectivity index (χ2n) is 9.98. The first-order valence-electron chi connectivity index (χ1n) is 12.7. The number of hydrogen-bond donors (Lipinski definition) is 5. The Hall–Kier alpha value is -3.18. The van der Waals surface area contributed by atoms with Crippen LogP contribution in [-0.2, 0) is 42.5 Å². The summed E-state index contributed by atoms with van der Waals surface area (Å²) in [7, 11) is -5.29. The van der Waals surface area contributed by atoms with Gasteiger partial charge in [-0.05, 0) is 0 Å². The van der Waals surface area contributed by atoms with Crippen LogP contribution in [0.15, 0.2) is 22.2 Å². The second kappa shape index (κ2) is 10.7. The van der Waals surface area contributed by atoms with Crippen LogP contribution in [-0.4, -0.2) is 99.8 Å². The number of ether oxygens (including phenoxy) is 2. The summed E-state index contributed by atoms with van der Waals surface area (Å²) in [4.78, 5) is 51.2. The van der Waals surface area contributed by atoms with Crippen LogP contribution in [0.4, 0.5) is 14.7 Å². The minimum Gasteiger partial charge on any atom is -0.369 e. The van der Waals surface area contributed by atoms with E-state index in [-0.39, 0.29) is 28.3 Å². The highest BCUT2D eigenvalue weighted by Gasteiger charge is 2.59. The van der Waals surface area contributed by atoms with Gasteiger partial charge in [0.2, 0.25) is 5.95 Å². The number of nitrogens with two attached hydrogens (primary N) is 1. The van der Waals surface area contributed by atoms with Crippen molar-refractivity contribution in [2.24, 2.45) is 0 Å². The van der Waals surface area contributed by atoms with Crippen LogP contribution in [0, 0.1) is 0 Å². The zero-order valence-corrected chi connectivity index (χ0v) is 24.8. The van der Waals surface area contributed by atoms with Gasteiger partial charge in [0.25, 0.3) is 16.9 Å².